The molecule has 138 valence electrons. The summed E-state index contributed by atoms with van der Waals surface area (Å²) in [5.74, 6) is -1.59. The number of hydrogen-bond acceptors (Lipinski definition) is 4. The number of hydrogen-bond donors (Lipinski definition) is 0. The molecule has 0 N–H and O–H groups in total. The summed E-state index contributed by atoms with van der Waals surface area (Å²) in [5.41, 5.74) is -0.825. The van der Waals surface area contributed by atoms with Gasteiger partial charge in [-0.2, -0.15) is 13.2 Å². The van der Waals surface area contributed by atoms with Gasteiger partial charge in [-0.05, 0) is 36.8 Å². The number of anilines is 1. The number of ether oxygens (including phenoxy) is 1. The van der Waals surface area contributed by atoms with Gasteiger partial charge < -0.3 is 4.74 Å². The van der Waals surface area contributed by atoms with Crippen molar-refractivity contribution in [2.75, 3.05) is 16.6 Å². The molecule has 1 heterocycles. The Morgan fingerprint density at radius 1 is 1.08 bits per heavy atom. The highest BCUT2D eigenvalue weighted by atomic mass is 32.2. The van der Waals surface area contributed by atoms with Crippen LogP contribution in [-0.4, -0.2) is 26.7 Å². The van der Waals surface area contributed by atoms with Crippen molar-refractivity contribution in [3.8, 4) is 5.75 Å². The van der Waals surface area contributed by atoms with Crippen LogP contribution in [0.15, 0.2) is 48.5 Å². The van der Waals surface area contributed by atoms with Crippen molar-refractivity contribution in [3.05, 3.63) is 59.7 Å². The summed E-state index contributed by atoms with van der Waals surface area (Å²) in [7, 11) is -3.44. The molecule has 0 unspecified atom stereocenters. The third-order valence-electron chi connectivity index (χ3n) is 3.86. The van der Waals surface area contributed by atoms with Gasteiger partial charge >= 0.3 is 12.1 Å². The molecule has 0 saturated carbocycles. The van der Waals surface area contributed by atoms with E-state index in [-0.39, 0.29) is 23.5 Å². The standard InChI is InChI=1S/C17H14F3NO4S/c18-17(19,20)14-7-1-2-8-15(14)25-16(22)12-5-3-6-13(11-12)21-9-4-10-26(21,23)24/h1-3,5-8,11H,4,9-10H2. The lowest BCUT2D eigenvalue weighted by molar-refractivity contribution is -0.138. The van der Waals surface area contributed by atoms with Gasteiger partial charge in [-0.25, -0.2) is 13.2 Å². The maximum absolute atomic E-state index is 13.0. The van der Waals surface area contributed by atoms with Crippen LogP contribution in [0.5, 0.6) is 5.75 Å². The highest BCUT2D eigenvalue weighted by molar-refractivity contribution is 7.93. The van der Waals surface area contributed by atoms with Crippen LogP contribution in [0.1, 0.15) is 22.3 Å². The minimum atomic E-state index is -4.66. The molecule has 0 amide bonds. The molecule has 1 aliphatic rings. The van der Waals surface area contributed by atoms with Crippen molar-refractivity contribution in [3.63, 3.8) is 0 Å². The number of rotatable bonds is 3. The van der Waals surface area contributed by atoms with Gasteiger partial charge in [0.1, 0.15) is 5.75 Å². The van der Waals surface area contributed by atoms with Crippen LogP contribution in [-0.2, 0) is 16.2 Å². The van der Waals surface area contributed by atoms with Crippen LogP contribution in [0, 0.1) is 0 Å². The number of halogens is 3. The fourth-order valence-corrected chi connectivity index (χ4v) is 4.22. The van der Waals surface area contributed by atoms with Crippen molar-refractivity contribution in [1.82, 2.24) is 0 Å². The van der Waals surface area contributed by atoms with Gasteiger partial charge in [0, 0.05) is 6.54 Å². The first-order valence-corrected chi connectivity index (χ1v) is 9.28. The lowest BCUT2D eigenvalue weighted by Crippen LogP contribution is -2.25. The summed E-state index contributed by atoms with van der Waals surface area (Å²) in [6.45, 7) is 0.289. The highest BCUT2D eigenvalue weighted by Gasteiger charge is 2.35. The Morgan fingerprint density at radius 2 is 1.81 bits per heavy atom. The number of para-hydroxylation sites is 1. The SMILES string of the molecule is O=C(Oc1ccccc1C(F)(F)F)c1cccc(N2CCCS2(=O)=O)c1. The topological polar surface area (TPSA) is 63.7 Å². The van der Waals surface area contributed by atoms with Crippen molar-refractivity contribution >= 4 is 21.7 Å². The van der Waals surface area contributed by atoms with E-state index in [2.05, 4.69) is 0 Å². The predicted octanol–water partition coefficient (Wildman–Crippen LogP) is 3.46. The molecular weight excluding hydrogens is 371 g/mol. The van der Waals surface area contributed by atoms with E-state index in [0.717, 1.165) is 12.1 Å². The van der Waals surface area contributed by atoms with Gasteiger partial charge in [0.2, 0.25) is 10.0 Å². The smallest absolute Gasteiger partial charge is 0.419 e. The lowest BCUT2D eigenvalue weighted by Gasteiger charge is -2.17. The summed E-state index contributed by atoms with van der Waals surface area (Å²) in [6.07, 6.45) is -4.20. The van der Waals surface area contributed by atoms with Crippen LogP contribution in [0.4, 0.5) is 18.9 Å². The van der Waals surface area contributed by atoms with E-state index in [1.807, 2.05) is 0 Å². The van der Waals surface area contributed by atoms with E-state index < -0.39 is 33.5 Å². The zero-order valence-corrected chi connectivity index (χ0v) is 14.2. The fourth-order valence-electron chi connectivity index (χ4n) is 2.67. The highest BCUT2D eigenvalue weighted by Crippen LogP contribution is 2.36. The number of esters is 1. The van der Waals surface area contributed by atoms with E-state index in [1.54, 1.807) is 0 Å². The van der Waals surface area contributed by atoms with Crippen molar-refractivity contribution in [2.45, 2.75) is 12.6 Å². The van der Waals surface area contributed by atoms with Crippen LogP contribution >= 0.6 is 0 Å². The first-order chi connectivity index (χ1) is 12.2. The van der Waals surface area contributed by atoms with Gasteiger partial charge in [0.05, 0.1) is 22.6 Å². The molecule has 1 saturated heterocycles. The Hall–Kier alpha value is -2.55. The van der Waals surface area contributed by atoms with Gasteiger partial charge in [0.25, 0.3) is 0 Å². The summed E-state index contributed by atoms with van der Waals surface area (Å²) >= 11 is 0. The van der Waals surface area contributed by atoms with E-state index in [9.17, 15) is 26.4 Å². The molecule has 9 heteroatoms. The Morgan fingerprint density at radius 3 is 2.46 bits per heavy atom. The summed E-state index contributed by atoms with van der Waals surface area (Å²) in [5, 5.41) is 0. The average molecular weight is 385 g/mol. The Balaban J connectivity index is 1.87. The van der Waals surface area contributed by atoms with Gasteiger partial charge in [-0.3, -0.25) is 4.31 Å². The normalized spacial score (nSPS) is 16.5. The zero-order chi connectivity index (χ0) is 18.9. The monoisotopic (exact) mass is 385 g/mol. The molecule has 26 heavy (non-hydrogen) atoms. The van der Waals surface area contributed by atoms with E-state index in [1.165, 1.54) is 40.7 Å². The number of carbonyl (C=O) groups is 1. The lowest BCUT2D eigenvalue weighted by atomic mass is 10.2. The number of nitrogens with zero attached hydrogens (tertiary/aromatic N) is 1. The molecule has 0 bridgehead atoms. The Bertz CT molecular complexity index is 941. The molecule has 0 spiro atoms. The van der Waals surface area contributed by atoms with Crippen molar-refractivity contribution in [2.24, 2.45) is 0 Å². The average Bonchev–Trinajstić information content (AvgIpc) is 2.94. The number of benzene rings is 2. The maximum atomic E-state index is 13.0. The second-order valence-corrected chi connectivity index (χ2v) is 7.69. The molecule has 2 aromatic carbocycles. The molecule has 0 aromatic heterocycles. The largest absolute Gasteiger partial charge is 0.422 e. The van der Waals surface area contributed by atoms with Crippen molar-refractivity contribution in [1.29, 1.82) is 0 Å². The van der Waals surface area contributed by atoms with E-state index >= 15 is 0 Å². The Kier molecular flexibility index (Phi) is 4.66. The minimum Gasteiger partial charge on any atom is -0.422 e. The molecule has 1 fully saturated rings. The third kappa shape index (κ3) is 3.67. The van der Waals surface area contributed by atoms with Crippen LogP contribution in [0.25, 0.3) is 0 Å². The van der Waals surface area contributed by atoms with Gasteiger partial charge in [-0.15, -0.1) is 0 Å². The van der Waals surface area contributed by atoms with Gasteiger partial charge in [-0.1, -0.05) is 18.2 Å². The second-order valence-electron chi connectivity index (χ2n) is 5.68. The number of sulfonamides is 1. The van der Waals surface area contributed by atoms with Crippen LogP contribution < -0.4 is 9.04 Å². The maximum Gasteiger partial charge on any atom is 0.419 e. The molecular formula is C17H14F3NO4S. The molecule has 1 aliphatic heterocycles. The van der Waals surface area contributed by atoms with E-state index in [0.29, 0.717) is 6.42 Å². The second kappa shape index (κ2) is 6.64. The number of alkyl halides is 3. The third-order valence-corrected chi connectivity index (χ3v) is 5.73. The number of carbonyl (C=O) groups excluding carboxylic acids is 1. The summed E-state index contributed by atoms with van der Waals surface area (Å²) in [6, 6.07) is 10.0. The zero-order valence-electron chi connectivity index (χ0n) is 13.4. The molecule has 0 aliphatic carbocycles. The summed E-state index contributed by atoms with van der Waals surface area (Å²) < 4.78 is 69.0. The molecule has 0 radical (unpaired) electrons. The first kappa shape index (κ1) is 18.2. The first-order valence-electron chi connectivity index (χ1n) is 7.67. The summed E-state index contributed by atoms with van der Waals surface area (Å²) in [4.78, 5) is 12.3. The van der Waals surface area contributed by atoms with E-state index in [4.69, 9.17) is 4.74 Å². The Labute approximate surface area is 148 Å². The van der Waals surface area contributed by atoms with Crippen LogP contribution in [0.2, 0.25) is 0 Å². The fraction of sp³-hybridized carbons (Fsp3) is 0.235. The molecule has 2 aromatic rings. The minimum absolute atomic E-state index is 0.0145. The quantitative estimate of drug-likeness (QED) is 0.600. The molecule has 0 atom stereocenters. The van der Waals surface area contributed by atoms with Gasteiger partial charge in [0.15, 0.2) is 0 Å². The molecule has 3 rings (SSSR count). The van der Waals surface area contributed by atoms with Crippen LogP contribution in [0.3, 0.4) is 0 Å². The predicted molar refractivity (Wildman–Crippen MR) is 88.6 cm³/mol. The molecule has 5 nitrogen and oxygen atoms in total. The van der Waals surface area contributed by atoms with Crippen molar-refractivity contribution < 1.29 is 31.1 Å².